The summed E-state index contributed by atoms with van der Waals surface area (Å²) in [5.41, 5.74) is 2.80. The minimum Gasteiger partial charge on any atom is -0.352 e. The molecule has 0 atom stereocenters. The number of pyridine rings is 1. The van der Waals surface area contributed by atoms with Gasteiger partial charge in [0.25, 0.3) is 5.91 Å². The number of benzene rings is 1. The van der Waals surface area contributed by atoms with Crippen molar-refractivity contribution >= 4 is 17.2 Å². The van der Waals surface area contributed by atoms with Crippen LogP contribution < -0.4 is 5.32 Å². The van der Waals surface area contributed by atoms with Crippen LogP contribution in [0.2, 0.25) is 0 Å². The van der Waals surface area contributed by atoms with Crippen LogP contribution in [0.15, 0.2) is 66.2 Å². The van der Waals surface area contributed by atoms with E-state index in [1.54, 1.807) is 17.5 Å². The zero-order chi connectivity index (χ0) is 15.9. The van der Waals surface area contributed by atoms with E-state index in [0.29, 0.717) is 6.54 Å². The van der Waals surface area contributed by atoms with Crippen molar-refractivity contribution in [3.05, 3.63) is 87.9 Å². The maximum absolute atomic E-state index is 12.5. The molecule has 0 unspecified atom stereocenters. The lowest BCUT2D eigenvalue weighted by atomic mass is 10.0. The summed E-state index contributed by atoms with van der Waals surface area (Å²) in [4.78, 5) is 18.0. The Bertz CT molecular complexity index is 754. The lowest BCUT2D eigenvalue weighted by Crippen LogP contribution is -2.26. The van der Waals surface area contributed by atoms with Crippen LogP contribution in [-0.4, -0.2) is 17.4 Å². The Morgan fingerprint density at radius 2 is 1.91 bits per heavy atom. The van der Waals surface area contributed by atoms with E-state index in [0.717, 1.165) is 29.7 Å². The second kappa shape index (κ2) is 7.70. The van der Waals surface area contributed by atoms with E-state index in [2.05, 4.69) is 21.7 Å². The largest absolute Gasteiger partial charge is 0.352 e. The van der Waals surface area contributed by atoms with Gasteiger partial charge in [-0.3, -0.25) is 9.78 Å². The maximum atomic E-state index is 12.5. The van der Waals surface area contributed by atoms with Gasteiger partial charge in [0.15, 0.2) is 0 Å². The average Bonchev–Trinajstić information content (AvgIpc) is 3.09. The third-order valence-electron chi connectivity index (χ3n) is 3.60. The number of rotatable bonds is 6. The van der Waals surface area contributed by atoms with Gasteiger partial charge < -0.3 is 5.32 Å². The van der Waals surface area contributed by atoms with Crippen LogP contribution in [0.4, 0.5) is 0 Å². The molecule has 0 aliphatic heterocycles. The number of thiophene rings is 1. The summed E-state index contributed by atoms with van der Waals surface area (Å²) in [7, 11) is 0. The van der Waals surface area contributed by atoms with Crippen molar-refractivity contribution in [1.82, 2.24) is 10.3 Å². The van der Waals surface area contributed by atoms with E-state index in [1.165, 1.54) is 4.88 Å². The molecule has 116 valence electrons. The second-order valence-corrected chi connectivity index (χ2v) is 6.27. The van der Waals surface area contributed by atoms with Crippen LogP contribution in [0.25, 0.3) is 0 Å². The number of carbonyl (C=O) groups is 1. The quantitative estimate of drug-likeness (QED) is 0.752. The molecule has 0 saturated heterocycles. The summed E-state index contributed by atoms with van der Waals surface area (Å²) >= 11 is 1.71. The Morgan fingerprint density at radius 1 is 1.04 bits per heavy atom. The molecule has 3 aromatic rings. The van der Waals surface area contributed by atoms with Gasteiger partial charge in [-0.1, -0.05) is 30.3 Å². The summed E-state index contributed by atoms with van der Waals surface area (Å²) in [5.74, 6) is -0.0203. The lowest BCUT2D eigenvalue weighted by Gasteiger charge is -2.09. The fraction of sp³-hybridized carbons (Fsp3) is 0.158. The van der Waals surface area contributed by atoms with Crippen LogP contribution in [0.1, 0.15) is 26.5 Å². The average molecular weight is 322 g/mol. The van der Waals surface area contributed by atoms with E-state index < -0.39 is 0 Å². The molecule has 0 spiro atoms. The fourth-order valence-corrected chi connectivity index (χ4v) is 3.17. The van der Waals surface area contributed by atoms with Gasteiger partial charge in [0.05, 0.1) is 0 Å². The number of amides is 1. The van der Waals surface area contributed by atoms with Gasteiger partial charge in [-0.15, -0.1) is 11.3 Å². The molecule has 0 radical (unpaired) electrons. The molecule has 4 heteroatoms. The highest BCUT2D eigenvalue weighted by molar-refractivity contribution is 7.09. The smallest absolute Gasteiger partial charge is 0.251 e. The molecule has 1 N–H and O–H groups in total. The SMILES string of the molecule is O=C(NCCc1ccccn1)c1ccccc1Cc1cccs1. The van der Waals surface area contributed by atoms with E-state index in [9.17, 15) is 4.79 Å². The highest BCUT2D eigenvalue weighted by Gasteiger charge is 2.11. The van der Waals surface area contributed by atoms with Gasteiger partial charge in [0.2, 0.25) is 0 Å². The van der Waals surface area contributed by atoms with Crippen LogP contribution >= 0.6 is 11.3 Å². The van der Waals surface area contributed by atoms with Gasteiger partial charge >= 0.3 is 0 Å². The van der Waals surface area contributed by atoms with Crippen molar-refractivity contribution in [2.75, 3.05) is 6.54 Å². The number of hydrogen-bond donors (Lipinski definition) is 1. The van der Waals surface area contributed by atoms with Crippen molar-refractivity contribution < 1.29 is 4.79 Å². The molecule has 23 heavy (non-hydrogen) atoms. The van der Waals surface area contributed by atoms with Crippen molar-refractivity contribution in [2.45, 2.75) is 12.8 Å². The molecule has 0 saturated carbocycles. The number of nitrogens with zero attached hydrogens (tertiary/aromatic N) is 1. The number of hydrogen-bond acceptors (Lipinski definition) is 3. The van der Waals surface area contributed by atoms with Crippen molar-refractivity contribution in [1.29, 1.82) is 0 Å². The third-order valence-corrected chi connectivity index (χ3v) is 4.48. The molecule has 2 heterocycles. The predicted molar refractivity (Wildman–Crippen MR) is 93.8 cm³/mol. The first-order valence-corrected chi connectivity index (χ1v) is 8.49. The van der Waals surface area contributed by atoms with Crippen molar-refractivity contribution in [2.24, 2.45) is 0 Å². The summed E-state index contributed by atoms with van der Waals surface area (Å²) in [6.07, 6.45) is 3.30. The minimum absolute atomic E-state index is 0.0203. The Balaban J connectivity index is 1.63. The van der Waals surface area contributed by atoms with Crippen LogP contribution in [0, 0.1) is 0 Å². The monoisotopic (exact) mass is 322 g/mol. The van der Waals surface area contributed by atoms with E-state index in [1.807, 2.05) is 48.5 Å². The first kappa shape index (κ1) is 15.4. The van der Waals surface area contributed by atoms with Gasteiger partial charge in [-0.2, -0.15) is 0 Å². The summed E-state index contributed by atoms with van der Waals surface area (Å²) in [6, 6.07) is 17.8. The molecule has 0 bridgehead atoms. The lowest BCUT2D eigenvalue weighted by molar-refractivity contribution is 0.0953. The molecular formula is C19H18N2OS. The highest BCUT2D eigenvalue weighted by atomic mass is 32.1. The van der Waals surface area contributed by atoms with E-state index >= 15 is 0 Å². The Kier molecular flexibility index (Phi) is 5.17. The molecule has 3 nitrogen and oxygen atoms in total. The van der Waals surface area contributed by atoms with Crippen LogP contribution in [-0.2, 0) is 12.8 Å². The van der Waals surface area contributed by atoms with Gasteiger partial charge in [0, 0.05) is 41.7 Å². The predicted octanol–water partition coefficient (Wildman–Crippen LogP) is 3.71. The van der Waals surface area contributed by atoms with Crippen molar-refractivity contribution in [3.8, 4) is 0 Å². The number of aromatic nitrogens is 1. The van der Waals surface area contributed by atoms with E-state index in [-0.39, 0.29) is 5.91 Å². The molecule has 3 rings (SSSR count). The molecule has 0 fully saturated rings. The standard InChI is InChI=1S/C19H18N2OS/c22-19(21-12-10-16-7-3-4-11-20-16)18-9-2-1-6-15(18)14-17-8-5-13-23-17/h1-9,11,13H,10,12,14H2,(H,21,22). The molecule has 0 aliphatic carbocycles. The van der Waals surface area contributed by atoms with Gasteiger partial charge in [0.1, 0.15) is 0 Å². The van der Waals surface area contributed by atoms with Gasteiger partial charge in [-0.25, -0.2) is 0 Å². The highest BCUT2D eigenvalue weighted by Crippen LogP contribution is 2.18. The number of carbonyl (C=O) groups excluding carboxylic acids is 1. The molecular weight excluding hydrogens is 304 g/mol. The summed E-state index contributed by atoms with van der Waals surface area (Å²) in [5, 5.41) is 5.05. The van der Waals surface area contributed by atoms with Gasteiger partial charge in [-0.05, 0) is 35.2 Å². The molecule has 0 aliphatic rings. The zero-order valence-electron chi connectivity index (χ0n) is 12.7. The zero-order valence-corrected chi connectivity index (χ0v) is 13.6. The Morgan fingerprint density at radius 3 is 2.70 bits per heavy atom. The van der Waals surface area contributed by atoms with Crippen LogP contribution in [0.3, 0.4) is 0 Å². The third kappa shape index (κ3) is 4.27. The molecule has 2 aromatic heterocycles. The Labute approximate surface area is 140 Å². The maximum Gasteiger partial charge on any atom is 0.251 e. The summed E-state index contributed by atoms with van der Waals surface area (Å²) < 4.78 is 0. The van der Waals surface area contributed by atoms with Crippen molar-refractivity contribution in [3.63, 3.8) is 0 Å². The van der Waals surface area contributed by atoms with E-state index in [4.69, 9.17) is 0 Å². The normalized spacial score (nSPS) is 10.4. The summed E-state index contributed by atoms with van der Waals surface area (Å²) in [6.45, 7) is 0.586. The number of nitrogens with one attached hydrogen (secondary N) is 1. The van der Waals surface area contributed by atoms with Crippen LogP contribution in [0.5, 0.6) is 0 Å². The second-order valence-electron chi connectivity index (χ2n) is 5.24. The fourth-order valence-electron chi connectivity index (χ4n) is 2.44. The minimum atomic E-state index is -0.0203. The first-order valence-electron chi connectivity index (χ1n) is 7.61. The Hall–Kier alpha value is -2.46. The molecule has 1 aromatic carbocycles. The molecule has 1 amide bonds. The first-order chi connectivity index (χ1) is 11.3. The topological polar surface area (TPSA) is 42.0 Å².